The summed E-state index contributed by atoms with van der Waals surface area (Å²) in [6, 6.07) is 11.0. The highest BCUT2D eigenvalue weighted by atomic mass is 32.1. The Balaban J connectivity index is 1.37. The van der Waals surface area contributed by atoms with E-state index in [9.17, 15) is 9.59 Å². The maximum absolute atomic E-state index is 12.0. The molecule has 0 saturated heterocycles. The third-order valence-corrected chi connectivity index (χ3v) is 4.83. The number of aryl methyl sites for hydroxylation is 1. The van der Waals surface area contributed by atoms with Crippen LogP contribution in [0, 0.1) is 0 Å². The van der Waals surface area contributed by atoms with E-state index in [1.165, 1.54) is 17.6 Å². The smallest absolute Gasteiger partial charge is 0.293 e. The zero-order valence-corrected chi connectivity index (χ0v) is 16.3. The quantitative estimate of drug-likeness (QED) is 0.576. The predicted molar refractivity (Wildman–Crippen MR) is 107 cm³/mol. The predicted octanol–water partition coefficient (Wildman–Crippen LogP) is 3.29. The first-order valence-electron chi connectivity index (χ1n) is 8.83. The molecule has 3 rings (SSSR count). The second-order valence-corrected chi connectivity index (χ2v) is 6.88. The number of hydrogen-bond acceptors (Lipinski definition) is 6. The van der Waals surface area contributed by atoms with Crippen molar-refractivity contribution < 1.29 is 18.7 Å². The summed E-state index contributed by atoms with van der Waals surface area (Å²) in [5.41, 5.74) is 1.91. The number of amides is 2. The number of ether oxygens (including phenoxy) is 1. The lowest BCUT2D eigenvalue weighted by atomic mass is 10.1. The molecule has 2 N–H and O–H groups in total. The summed E-state index contributed by atoms with van der Waals surface area (Å²) in [6.07, 6.45) is 3.06. The number of nitrogens with zero attached hydrogens (tertiary/aromatic N) is 1. The van der Waals surface area contributed by atoms with Gasteiger partial charge in [0.05, 0.1) is 19.1 Å². The Morgan fingerprint density at radius 2 is 2.00 bits per heavy atom. The molecule has 0 aliphatic heterocycles. The molecule has 0 unspecified atom stereocenters. The maximum Gasteiger partial charge on any atom is 0.293 e. The number of thiazole rings is 1. The van der Waals surface area contributed by atoms with Crippen LogP contribution in [0.3, 0.4) is 0 Å². The number of nitrogens with one attached hydrogen (secondary N) is 2. The minimum absolute atomic E-state index is 0.0253. The molecule has 2 heterocycles. The Kier molecular flexibility index (Phi) is 6.80. The molecule has 7 nitrogen and oxygen atoms in total. The zero-order chi connectivity index (χ0) is 19.8. The van der Waals surface area contributed by atoms with E-state index in [1.807, 2.05) is 29.6 Å². The van der Waals surface area contributed by atoms with E-state index < -0.39 is 0 Å². The summed E-state index contributed by atoms with van der Waals surface area (Å²) in [6.45, 7) is 0.576. The molecule has 1 aromatic carbocycles. The summed E-state index contributed by atoms with van der Waals surface area (Å²) in [7, 11) is 1.63. The summed E-state index contributed by atoms with van der Waals surface area (Å²) in [5, 5.41) is 7.91. The summed E-state index contributed by atoms with van der Waals surface area (Å²) < 4.78 is 10.2. The van der Waals surface area contributed by atoms with Gasteiger partial charge in [-0.25, -0.2) is 4.98 Å². The van der Waals surface area contributed by atoms with Gasteiger partial charge >= 0.3 is 0 Å². The van der Waals surface area contributed by atoms with Gasteiger partial charge in [0.25, 0.3) is 5.91 Å². The number of aromatic nitrogens is 1. The monoisotopic (exact) mass is 399 g/mol. The fourth-order valence-corrected chi connectivity index (χ4v) is 3.25. The van der Waals surface area contributed by atoms with Gasteiger partial charge in [0.15, 0.2) is 10.9 Å². The SMILES string of the molecule is COc1ccc(CCNC(=O)CCc2csc(NC(=O)c3ccco3)n2)cc1. The van der Waals surface area contributed by atoms with Crippen LogP contribution in [0.4, 0.5) is 5.13 Å². The van der Waals surface area contributed by atoms with E-state index in [2.05, 4.69) is 15.6 Å². The van der Waals surface area contributed by atoms with Gasteiger partial charge in [-0.2, -0.15) is 0 Å². The second-order valence-electron chi connectivity index (χ2n) is 6.02. The first-order valence-corrected chi connectivity index (χ1v) is 9.71. The minimum Gasteiger partial charge on any atom is -0.497 e. The molecule has 0 spiro atoms. The standard InChI is InChI=1S/C20H21N3O4S/c1-26-16-7-4-14(5-8-16)10-11-21-18(24)9-6-15-13-28-20(22-15)23-19(25)17-3-2-12-27-17/h2-5,7-8,12-13H,6,9-11H2,1H3,(H,21,24)(H,22,23,25). The molecule has 0 aliphatic rings. The van der Waals surface area contributed by atoms with E-state index in [1.54, 1.807) is 19.2 Å². The third-order valence-electron chi connectivity index (χ3n) is 4.02. The van der Waals surface area contributed by atoms with E-state index >= 15 is 0 Å². The normalized spacial score (nSPS) is 10.5. The van der Waals surface area contributed by atoms with Gasteiger partial charge in [-0.05, 0) is 42.7 Å². The highest BCUT2D eigenvalue weighted by Gasteiger charge is 2.12. The molecule has 2 amide bonds. The number of furan rings is 1. The topological polar surface area (TPSA) is 93.5 Å². The summed E-state index contributed by atoms with van der Waals surface area (Å²) in [5.74, 6) is 0.675. The van der Waals surface area contributed by atoms with E-state index in [-0.39, 0.29) is 17.6 Å². The minimum atomic E-state index is -0.345. The number of rotatable bonds is 9. The molecule has 0 radical (unpaired) electrons. The number of benzene rings is 1. The Bertz CT molecular complexity index is 904. The van der Waals surface area contributed by atoms with Crippen LogP contribution >= 0.6 is 11.3 Å². The lowest BCUT2D eigenvalue weighted by Crippen LogP contribution is -2.25. The highest BCUT2D eigenvalue weighted by Crippen LogP contribution is 2.18. The molecule has 3 aromatic rings. The third kappa shape index (κ3) is 5.68. The van der Waals surface area contributed by atoms with Crippen molar-refractivity contribution in [3.05, 3.63) is 65.1 Å². The van der Waals surface area contributed by atoms with Crippen molar-refractivity contribution in [3.63, 3.8) is 0 Å². The number of methoxy groups -OCH3 is 1. The number of hydrogen-bond donors (Lipinski definition) is 2. The van der Waals surface area contributed by atoms with Gasteiger partial charge in [0.2, 0.25) is 5.91 Å². The number of anilines is 1. The molecular weight excluding hydrogens is 378 g/mol. The van der Waals surface area contributed by atoms with Crippen molar-refractivity contribution in [1.29, 1.82) is 0 Å². The van der Waals surface area contributed by atoms with Crippen LogP contribution in [0.1, 0.15) is 28.2 Å². The molecule has 0 saturated carbocycles. The number of carbonyl (C=O) groups is 2. The largest absolute Gasteiger partial charge is 0.497 e. The fourth-order valence-electron chi connectivity index (χ4n) is 2.51. The molecule has 146 valence electrons. The van der Waals surface area contributed by atoms with Gasteiger partial charge in [0.1, 0.15) is 5.75 Å². The molecule has 8 heteroatoms. The van der Waals surface area contributed by atoms with Crippen LogP contribution in [-0.2, 0) is 17.6 Å². The molecular formula is C20H21N3O4S. The lowest BCUT2D eigenvalue weighted by molar-refractivity contribution is -0.121. The fraction of sp³-hybridized carbons (Fsp3) is 0.250. The van der Waals surface area contributed by atoms with Crippen molar-refractivity contribution in [1.82, 2.24) is 10.3 Å². The zero-order valence-electron chi connectivity index (χ0n) is 15.4. The van der Waals surface area contributed by atoms with Crippen molar-refractivity contribution in [2.45, 2.75) is 19.3 Å². The Morgan fingerprint density at radius 3 is 2.71 bits per heavy atom. The Hall–Kier alpha value is -3.13. The average molecular weight is 399 g/mol. The molecule has 0 aliphatic carbocycles. The van der Waals surface area contributed by atoms with Crippen LogP contribution in [0.15, 0.2) is 52.5 Å². The van der Waals surface area contributed by atoms with Crippen molar-refractivity contribution >= 4 is 28.3 Å². The first-order chi connectivity index (χ1) is 13.6. The van der Waals surface area contributed by atoms with Crippen molar-refractivity contribution in [3.8, 4) is 5.75 Å². The van der Waals surface area contributed by atoms with Crippen molar-refractivity contribution in [2.75, 3.05) is 19.0 Å². The van der Waals surface area contributed by atoms with E-state index in [0.717, 1.165) is 23.4 Å². The van der Waals surface area contributed by atoms with Gasteiger partial charge < -0.3 is 14.5 Å². The maximum atomic E-state index is 12.0. The van der Waals surface area contributed by atoms with Gasteiger partial charge in [-0.1, -0.05) is 12.1 Å². The Morgan fingerprint density at radius 1 is 1.18 bits per heavy atom. The Labute approximate surface area is 166 Å². The van der Waals surface area contributed by atoms with Gasteiger partial charge in [-0.3, -0.25) is 14.9 Å². The van der Waals surface area contributed by atoms with Crippen molar-refractivity contribution in [2.24, 2.45) is 0 Å². The first kappa shape index (κ1) is 19.6. The average Bonchev–Trinajstić information content (AvgIpc) is 3.39. The van der Waals surface area contributed by atoms with Crippen LogP contribution in [0.25, 0.3) is 0 Å². The van der Waals surface area contributed by atoms with Crippen LogP contribution in [-0.4, -0.2) is 30.5 Å². The molecule has 0 fully saturated rings. The van der Waals surface area contributed by atoms with Gasteiger partial charge in [0, 0.05) is 18.3 Å². The van der Waals surface area contributed by atoms with Crippen LogP contribution in [0.5, 0.6) is 5.75 Å². The summed E-state index contributed by atoms with van der Waals surface area (Å²) >= 11 is 1.32. The van der Waals surface area contributed by atoms with Crippen LogP contribution < -0.4 is 15.4 Å². The van der Waals surface area contributed by atoms with Gasteiger partial charge in [-0.15, -0.1) is 11.3 Å². The lowest BCUT2D eigenvalue weighted by Gasteiger charge is -2.06. The molecule has 0 atom stereocenters. The number of carbonyl (C=O) groups excluding carboxylic acids is 2. The molecule has 28 heavy (non-hydrogen) atoms. The van der Waals surface area contributed by atoms with E-state index in [4.69, 9.17) is 9.15 Å². The van der Waals surface area contributed by atoms with Crippen LogP contribution in [0.2, 0.25) is 0 Å². The molecule has 0 bridgehead atoms. The summed E-state index contributed by atoms with van der Waals surface area (Å²) in [4.78, 5) is 28.3. The second kappa shape index (κ2) is 9.70. The molecule has 2 aromatic heterocycles. The van der Waals surface area contributed by atoms with E-state index in [0.29, 0.717) is 24.5 Å². The highest BCUT2D eigenvalue weighted by molar-refractivity contribution is 7.13.